The summed E-state index contributed by atoms with van der Waals surface area (Å²) in [5, 5.41) is 0. The Morgan fingerprint density at radius 1 is 1.47 bits per heavy atom. The van der Waals surface area contributed by atoms with Crippen LogP contribution in [-0.4, -0.2) is 41.8 Å². The molecule has 1 heterocycles. The fraction of sp³-hybridized carbons (Fsp3) is 0.500. The Bertz CT molecular complexity index is 461. The number of hydrogen-bond donors (Lipinski definition) is 0. The molecule has 1 aromatic carbocycles. The van der Waals surface area contributed by atoms with Crippen molar-refractivity contribution in [2.75, 3.05) is 25.1 Å². The molecule has 1 unspecified atom stereocenters. The number of ketones is 1. The number of benzene rings is 1. The Hall–Kier alpha value is -0.940. The lowest BCUT2D eigenvalue weighted by molar-refractivity contribution is 0.0958. The molecule has 1 aromatic rings. The largest absolute Gasteiger partial charge is 0.302 e. The predicted octanol–water partition coefficient (Wildman–Crippen LogP) is 2.97. The predicted molar refractivity (Wildman–Crippen MR) is 73.7 cm³/mol. The first-order valence-corrected chi connectivity index (χ1v) is 7.50. The monoisotopic (exact) mass is 285 g/mol. The van der Waals surface area contributed by atoms with Crippen molar-refractivity contribution in [2.24, 2.45) is 0 Å². The van der Waals surface area contributed by atoms with Crippen LogP contribution < -0.4 is 0 Å². The SMILES string of the molecule is CN(CCC(=O)c1cccc(F)c1F)C1CCSC1. The van der Waals surface area contributed by atoms with Crippen LogP contribution >= 0.6 is 11.8 Å². The van der Waals surface area contributed by atoms with Gasteiger partial charge in [-0.1, -0.05) is 6.07 Å². The molecule has 0 aliphatic carbocycles. The first-order valence-electron chi connectivity index (χ1n) is 6.35. The molecule has 0 N–H and O–H groups in total. The van der Waals surface area contributed by atoms with Gasteiger partial charge in [0.25, 0.3) is 0 Å². The summed E-state index contributed by atoms with van der Waals surface area (Å²) in [4.78, 5) is 14.0. The second-order valence-corrected chi connectivity index (χ2v) is 5.92. The molecule has 5 heteroatoms. The van der Waals surface area contributed by atoms with Crippen LogP contribution in [0.5, 0.6) is 0 Å². The van der Waals surface area contributed by atoms with Gasteiger partial charge in [0.1, 0.15) is 0 Å². The Morgan fingerprint density at radius 2 is 2.26 bits per heavy atom. The van der Waals surface area contributed by atoms with Crippen LogP contribution in [0.15, 0.2) is 18.2 Å². The maximum absolute atomic E-state index is 13.5. The highest BCUT2D eigenvalue weighted by Crippen LogP contribution is 2.21. The van der Waals surface area contributed by atoms with Crippen molar-refractivity contribution >= 4 is 17.5 Å². The van der Waals surface area contributed by atoms with E-state index in [1.807, 2.05) is 18.8 Å². The van der Waals surface area contributed by atoms with Gasteiger partial charge in [0.2, 0.25) is 0 Å². The third-order valence-electron chi connectivity index (χ3n) is 3.47. The summed E-state index contributed by atoms with van der Waals surface area (Å²) in [5.41, 5.74) is -0.144. The Labute approximate surface area is 116 Å². The van der Waals surface area contributed by atoms with Crippen LogP contribution in [0.4, 0.5) is 8.78 Å². The molecule has 1 saturated heterocycles. The molecule has 0 spiro atoms. The van der Waals surface area contributed by atoms with Crippen molar-refractivity contribution in [3.63, 3.8) is 0 Å². The summed E-state index contributed by atoms with van der Waals surface area (Å²) in [6.07, 6.45) is 1.35. The van der Waals surface area contributed by atoms with Gasteiger partial charge in [0.05, 0.1) is 5.56 Å². The van der Waals surface area contributed by atoms with Gasteiger partial charge in [-0.2, -0.15) is 11.8 Å². The fourth-order valence-corrected chi connectivity index (χ4v) is 3.48. The minimum absolute atomic E-state index is 0.144. The lowest BCUT2D eigenvalue weighted by Crippen LogP contribution is -2.33. The molecule has 0 amide bonds. The van der Waals surface area contributed by atoms with E-state index in [0.29, 0.717) is 12.6 Å². The van der Waals surface area contributed by atoms with Gasteiger partial charge in [-0.15, -0.1) is 0 Å². The van der Waals surface area contributed by atoms with E-state index in [1.54, 1.807) is 0 Å². The van der Waals surface area contributed by atoms with Crippen LogP contribution in [0, 0.1) is 11.6 Å². The lowest BCUT2D eigenvalue weighted by atomic mass is 10.1. The molecule has 1 atom stereocenters. The Kier molecular flexibility index (Phi) is 4.93. The van der Waals surface area contributed by atoms with Crippen molar-refractivity contribution in [1.82, 2.24) is 4.90 Å². The van der Waals surface area contributed by atoms with Crippen molar-refractivity contribution in [1.29, 1.82) is 0 Å². The van der Waals surface area contributed by atoms with E-state index >= 15 is 0 Å². The molecule has 0 radical (unpaired) electrons. The van der Waals surface area contributed by atoms with E-state index < -0.39 is 11.6 Å². The zero-order valence-electron chi connectivity index (χ0n) is 10.9. The van der Waals surface area contributed by atoms with Gasteiger partial charge in [-0.25, -0.2) is 8.78 Å². The summed E-state index contributed by atoms with van der Waals surface area (Å²) in [5.74, 6) is -0.104. The number of Topliss-reactive ketones (excluding diaryl/α,β-unsaturated/α-hetero) is 1. The third-order valence-corrected chi connectivity index (χ3v) is 4.62. The molecule has 2 rings (SSSR count). The fourth-order valence-electron chi connectivity index (χ4n) is 2.18. The molecule has 0 aromatic heterocycles. The quantitative estimate of drug-likeness (QED) is 0.776. The van der Waals surface area contributed by atoms with Crippen molar-refractivity contribution < 1.29 is 13.6 Å². The third kappa shape index (κ3) is 3.54. The molecule has 0 bridgehead atoms. The van der Waals surface area contributed by atoms with E-state index in [0.717, 1.165) is 24.0 Å². The smallest absolute Gasteiger partial charge is 0.169 e. The van der Waals surface area contributed by atoms with Gasteiger partial charge < -0.3 is 4.90 Å². The number of rotatable bonds is 5. The minimum atomic E-state index is -1.04. The standard InChI is InChI=1S/C14H17F2NOS/c1-17(10-6-8-19-9-10)7-5-13(18)11-3-2-4-12(15)14(11)16/h2-4,10H,5-9H2,1H3. The summed E-state index contributed by atoms with van der Waals surface area (Å²) >= 11 is 1.91. The molecule has 2 nitrogen and oxygen atoms in total. The number of halogens is 2. The molecule has 19 heavy (non-hydrogen) atoms. The van der Waals surface area contributed by atoms with Gasteiger partial charge in [0, 0.05) is 24.8 Å². The summed E-state index contributed by atoms with van der Waals surface area (Å²) in [7, 11) is 1.98. The van der Waals surface area contributed by atoms with Crippen LogP contribution in [0.25, 0.3) is 0 Å². The molecular weight excluding hydrogens is 268 g/mol. The molecule has 1 fully saturated rings. The maximum Gasteiger partial charge on any atom is 0.169 e. The van der Waals surface area contributed by atoms with Crippen LogP contribution in [0.1, 0.15) is 23.2 Å². The van der Waals surface area contributed by atoms with Crippen LogP contribution in [0.2, 0.25) is 0 Å². The highest BCUT2D eigenvalue weighted by atomic mass is 32.2. The van der Waals surface area contributed by atoms with E-state index in [1.165, 1.54) is 12.1 Å². The van der Waals surface area contributed by atoms with Gasteiger partial charge in [-0.05, 0) is 31.4 Å². The van der Waals surface area contributed by atoms with Gasteiger partial charge in [-0.3, -0.25) is 4.79 Å². The first-order chi connectivity index (χ1) is 9.09. The van der Waals surface area contributed by atoms with Crippen molar-refractivity contribution in [3.05, 3.63) is 35.4 Å². The average Bonchev–Trinajstić information content (AvgIpc) is 2.93. The van der Waals surface area contributed by atoms with Crippen molar-refractivity contribution in [2.45, 2.75) is 18.9 Å². The minimum Gasteiger partial charge on any atom is -0.302 e. The highest BCUT2D eigenvalue weighted by molar-refractivity contribution is 7.99. The number of thioether (sulfide) groups is 1. The number of carbonyl (C=O) groups excluding carboxylic acids is 1. The van der Waals surface area contributed by atoms with Gasteiger partial charge in [0.15, 0.2) is 17.4 Å². The zero-order valence-corrected chi connectivity index (χ0v) is 11.7. The summed E-state index contributed by atoms with van der Waals surface area (Å²) < 4.78 is 26.5. The topological polar surface area (TPSA) is 20.3 Å². The van der Waals surface area contributed by atoms with Gasteiger partial charge >= 0.3 is 0 Å². The number of nitrogens with zero attached hydrogens (tertiary/aromatic N) is 1. The molecule has 0 saturated carbocycles. The van der Waals surface area contributed by atoms with Crippen LogP contribution in [0.3, 0.4) is 0 Å². The first kappa shape index (κ1) is 14.5. The molecular formula is C14H17F2NOS. The average molecular weight is 285 g/mol. The van der Waals surface area contributed by atoms with Crippen LogP contribution in [-0.2, 0) is 0 Å². The second kappa shape index (κ2) is 6.48. The van der Waals surface area contributed by atoms with E-state index in [9.17, 15) is 13.6 Å². The zero-order chi connectivity index (χ0) is 13.8. The number of carbonyl (C=O) groups is 1. The normalized spacial score (nSPS) is 19.1. The second-order valence-electron chi connectivity index (χ2n) is 4.77. The van der Waals surface area contributed by atoms with E-state index in [-0.39, 0.29) is 17.8 Å². The lowest BCUT2D eigenvalue weighted by Gasteiger charge is -2.22. The number of hydrogen-bond acceptors (Lipinski definition) is 3. The molecule has 1 aliphatic rings. The van der Waals surface area contributed by atoms with Crippen molar-refractivity contribution in [3.8, 4) is 0 Å². The highest BCUT2D eigenvalue weighted by Gasteiger charge is 2.21. The summed E-state index contributed by atoms with van der Waals surface area (Å²) in [6, 6.07) is 4.22. The van der Waals surface area contributed by atoms with E-state index in [2.05, 4.69) is 4.90 Å². The Morgan fingerprint density at radius 3 is 2.95 bits per heavy atom. The molecule has 104 valence electrons. The maximum atomic E-state index is 13.5. The summed E-state index contributed by atoms with van der Waals surface area (Å²) in [6.45, 7) is 0.583. The molecule has 1 aliphatic heterocycles. The Balaban J connectivity index is 1.92. The van der Waals surface area contributed by atoms with E-state index in [4.69, 9.17) is 0 Å².